The third-order valence-corrected chi connectivity index (χ3v) is 3.27. The van der Waals surface area contributed by atoms with Gasteiger partial charge in [-0.2, -0.15) is 0 Å². The Morgan fingerprint density at radius 3 is 2.64 bits per heavy atom. The summed E-state index contributed by atoms with van der Waals surface area (Å²) in [5.41, 5.74) is 0.716. The molecule has 0 bridgehead atoms. The van der Waals surface area contributed by atoms with E-state index in [4.69, 9.17) is 0 Å². The Balaban J connectivity index is 2.38. The number of nitrogens with zero attached hydrogens (tertiary/aromatic N) is 4. The van der Waals surface area contributed by atoms with Crippen molar-refractivity contribution >= 4 is 23.0 Å². The normalized spacial score (nSPS) is 10.3. The maximum Gasteiger partial charge on any atom is 0.353 e. The average molecular weight is 301 g/mol. The number of rotatable bonds is 7. The summed E-state index contributed by atoms with van der Waals surface area (Å²) in [5, 5.41) is 14.5. The second-order valence-electron chi connectivity index (χ2n) is 4.83. The van der Waals surface area contributed by atoms with E-state index in [-0.39, 0.29) is 17.3 Å². The van der Waals surface area contributed by atoms with Crippen molar-refractivity contribution < 1.29 is 4.92 Å². The zero-order valence-corrected chi connectivity index (χ0v) is 12.7. The van der Waals surface area contributed by atoms with Gasteiger partial charge in [0.1, 0.15) is 6.33 Å². The van der Waals surface area contributed by atoms with Crippen LogP contribution in [0.25, 0.3) is 0 Å². The van der Waals surface area contributed by atoms with Crippen LogP contribution in [0.1, 0.15) is 19.8 Å². The van der Waals surface area contributed by atoms with Crippen molar-refractivity contribution in [2.24, 2.45) is 0 Å². The Morgan fingerprint density at radius 2 is 2.00 bits per heavy atom. The number of hydrogen-bond donors (Lipinski definition) is 1. The van der Waals surface area contributed by atoms with E-state index in [2.05, 4.69) is 22.2 Å². The average Bonchev–Trinajstić information content (AvgIpc) is 2.54. The second-order valence-corrected chi connectivity index (χ2v) is 4.83. The quantitative estimate of drug-likeness (QED) is 0.479. The fourth-order valence-electron chi connectivity index (χ4n) is 2.07. The smallest absolute Gasteiger partial charge is 0.353 e. The summed E-state index contributed by atoms with van der Waals surface area (Å²) < 4.78 is 0. The van der Waals surface area contributed by atoms with E-state index in [9.17, 15) is 10.1 Å². The lowest BCUT2D eigenvalue weighted by atomic mass is 10.3. The van der Waals surface area contributed by atoms with Crippen LogP contribution >= 0.6 is 0 Å². The number of unbranched alkanes of at least 4 members (excludes halogenated alkanes) is 1. The Morgan fingerprint density at radius 1 is 1.27 bits per heavy atom. The highest BCUT2D eigenvalue weighted by atomic mass is 16.6. The molecule has 0 amide bonds. The van der Waals surface area contributed by atoms with Crippen molar-refractivity contribution in [1.29, 1.82) is 0 Å². The molecule has 2 rings (SSSR count). The SMILES string of the molecule is CCCCNc1ncnc(N(C)c2ccccc2)c1[N+](=O)[O-]. The van der Waals surface area contributed by atoms with Crippen LogP contribution in [0.5, 0.6) is 0 Å². The van der Waals surface area contributed by atoms with E-state index in [1.54, 1.807) is 11.9 Å². The van der Waals surface area contributed by atoms with Crippen molar-refractivity contribution in [3.8, 4) is 0 Å². The summed E-state index contributed by atoms with van der Waals surface area (Å²) in [5.74, 6) is 0.524. The highest BCUT2D eigenvalue weighted by molar-refractivity contribution is 5.75. The van der Waals surface area contributed by atoms with Gasteiger partial charge in [0.25, 0.3) is 0 Å². The molecule has 0 atom stereocenters. The first-order valence-corrected chi connectivity index (χ1v) is 7.17. The molecule has 0 fully saturated rings. The number of hydrogen-bond acceptors (Lipinski definition) is 6. The van der Waals surface area contributed by atoms with E-state index in [1.165, 1.54) is 6.33 Å². The van der Waals surface area contributed by atoms with E-state index in [1.807, 2.05) is 30.3 Å². The van der Waals surface area contributed by atoms with Crippen LogP contribution in [-0.2, 0) is 0 Å². The van der Waals surface area contributed by atoms with Crippen LogP contribution < -0.4 is 10.2 Å². The number of anilines is 3. The standard InChI is InChI=1S/C15H19N5O2/c1-3-4-10-16-14-13(20(21)22)15(18-11-17-14)19(2)12-8-6-5-7-9-12/h5-9,11H,3-4,10H2,1-2H3,(H,16,17,18). The van der Waals surface area contributed by atoms with Crippen LogP contribution in [-0.4, -0.2) is 28.5 Å². The van der Waals surface area contributed by atoms with Gasteiger partial charge in [0.2, 0.25) is 11.6 Å². The summed E-state index contributed by atoms with van der Waals surface area (Å²) in [4.78, 5) is 20.8. The van der Waals surface area contributed by atoms with Crippen LogP contribution in [0.3, 0.4) is 0 Å². The molecule has 0 unspecified atom stereocenters. The fraction of sp³-hybridized carbons (Fsp3) is 0.333. The Labute approximate surface area is 129 Å². The van der Waals surface area contributed by atoms with Gasteiger partial charge in [-0.3, -0.25) is 10.1 Å². The summed E-state index contributed by atoms with van der Waals surface area (Å²) >= 11 is 0. The van der Waals surface area contributed by atoms with E-state index in [0.717, 1.165) is 18.5 Å². The molecule has 0 spiro atoms. The molecule has 0 aliphatic heterocycles. The zero-order valence-electron chi connectivity index (χ0n) is 12.7. The van der Waals surface area contributed by atoms with Crippen molar-refractivity contribution in [3.05, 3.63) is 46.8 Å². The summed E-state index contributed by atoms with van der Waals surface area (Å²) in [6, 6.07) is 9.38. The zero-order chi connectivity index (χ0) is 15.9. The van der Waals surface area contributed by atoms with E-state index >= 15 is 0 Å². The number of nitro groups is 1. The largest absolute Gasteiger partial charge is 0.364 e. The van der Waals surface area contributed by atoms with Crippen LogP contribution in [0.15, 0.2) is 36.7 Å². The van der Waals surface area contributed by atoms with Crippen molar-refractivity contribution in [1.82, 2.24) is 9.97 Å². The fourth-order valence-corrected chi connectivity index (χ4v) is 2.07. The second kappa shape index (κ2) is 7.35. The molecule has 0 radical (unpaired) electrons. The molecule has 2 aromatic rings. The summed E-state index contributed by atoms with van der Waals surface area (Å²) in [6.07, 6.45) is 3.27. The first-order valence-electron chi connectivity index (χ1n) is 7.17. The molecule has 7 heteroatoms. The minimum Gasteiger partial charge on any atom is -0.364 e. The Bertz CT molecular complexity index is 633. The minimum absolute atomic E-state index is 0.107. The number of aromatic nitrogens is 2. The number of para-hydroxylation sites is 1. The third-order valence-electron chi connectivity index (χ3n) is 3.27. The molecular weight excluding hydrogens is 282 g/mol. The molecule has 1 heterocycles. The van der Waals surface area contributed by atoms with Gasteiger partial charge in [-0.25, -0.2) is 9.97 Å². The molecule has 22 heavy (non-hydrogen) atoms. The maximum atomic E-state index is 11.5. The molecule has 0 saturated heterocycles. The Hall–Kier alpha value is -2.70. The van der Waals surface area contributed by atoms with Gasteiger partial charge in [-0.1, -0.05) is 31.5 Å². The van der Waals surface area contributed by atoms with Gasteiger partial charge in [0.05, 0.1) is 4.92 Å². The highest BCUT2D eigenvalue weighted by Crippen LogP contribution is 2.34. The molecule has 1 aromatic heterocycles. The van der Waals surface area contributed by atoms with Crippen molar-refractivity contribution in [2.45, 2.75) is 19.8 Å². The molecule has 1 N–H and O–H groups in total. The van der Waals surface area contributed by atoms with Crippen LogP contribution in [0.2, 0.25) is 0 Å². The molecule has 7 nitrogen and oxygen atoms in total. The molecule has 0 saturated carbocycles. The lowest BCUT2D eigenvalue weighted by Gasteiger charge is -2.18. The molecule has 1 aromatic carbocycles. The summed E-state index contributed by atoms with van der Waals surface area (Å²) in [6.45, 7) is 2.70. The van der Waals surface area contributed by atoms with Gasteiger partial charge in [-0.15, -0.1) is 0 Å². The maximum absolute atomic E-state index is 11.5. The topological polar surface area (TPSA) is 84.2 Å². The van der Waals surface area contributed by atoms with Crippen molar-refractivity contribution in [3.63, 3.8) is 0 Å². The first-order chi connectivity index (χ1) is 10.6. The molecular formula is C15H19N5O2. The first kappa shape index (κ1) is 15.7. The van der Waals surface area contributed by atoms with Gasteiger partial charge < -0.3 is 10.2 Å². The molecule has 116 valence electrons. The van der Waals surface area contributed by atoms with E-state index < -0.39 is 4.92 Å². The van der Waals surface area contributed by atoms with Gasteiger partial charge in [-0.05, 0) is 18.6 Å². The van der Waals surface area contributed by atoms with Gasteiger partial charge in [0, 0.05) is 19.3 Å². The predicted octanol–water partition coefficient (Wildman–Crippen LogP) is 3.36. The highest BCUT2D eigenvalue weighted by Gasteiger charge is 2.25. The molecule has 0 aliphatic carbocycles. The van der Waals surface area contributed by atoms with Crippen molar-refractivity contribution in [2.75, 3.05) is 23.8 Å². The lowest BCUT2D eigenvalue weighted by Crippen LogP contribution is -2.15. The monoisotopic (exact) mass is 301 g/mol. The van der Waals surface area contributed by atoms with Crippen LogP contribution in [0.4, 0.5) is 23.0 Å². The summed E-state index contributed by atoms with van der Waals surface area (Å²) in [7, 11) is 1.75. The predicted molar refractivity (Wildman–Crippen MR) is 86.6 cm³/mol. The van der Waals surface area contributed by atoms with Crippen LogP contribution in [0, 0.1) is 10.1 Å². The number of nitrogens with one attached hydrogen (secondary N) is 1. The van der Waals surface area contributed by atoms with Gasteiger partial charge in [0.15, 0.2) is 0 Å². The third kappa shape index (κ3) is 3.49. The Kier molecular flexibility index (Phi) is 5.24. The van der Waals surface area contributed by atoms with Gasteiger partial charge >= 0.3 is 5.69 Å². The molecule has 0 aliphatic rings. The number of benzene rings is 1. The lowest BCUT2D eigenvalue weighted by molar-refractivity contribution is -0.383. The van der Waals surface area contributed by atoms with E-state index in [0.29, 0.717) is 6.54 Å². The minimum atomic E-state index is -0.441.